The van der Waals surface area contributed by atoms with Gasteiger partial charge in [-0.1, -0.05) is 31.2 Å². The SMILES string of the molecule is COc1ccc([C@H]2c3c(O)c(OC(=O)c4ccccc4)cc(O)c3C2C)cc1OC. The molecule has 0 saturated heterocycles. The second kappa shape index (κ2) is 7.63. The summed E-state index contributed by atoms with van der Waals surface area (Å²) >= 11 is 0. The van der Waals surface area contributed by atoms with Crippen LogP contribution >= 0.6 is 0 Å². The van der Waals surface area contributed by atoms with Gasteiger partial charge in [-0.15, -0.1) is 0 Å². The molecule has 6 nitrogen and oxygen atoms in total. The Morgan fingerprint density at radius 1 is 0.867 bits per heavy atom. The summed E-state index contributed by atoms with van der Waals surface area (Å²) in [5.41, 5.74) is 2.44. The maximum atomic E-state index is 12.4. The van der Waals surface area contributed by atoms with Crippen LogP contribution in [0.5, 0.6) is 28.7 Å². The van der Waals surface area contributed by atoms with Crippen LogP contribution in [0.15, 0.2) is 54.6 Å². The lowest BCUT2D eigenvalue weighted by molar-refractivity contribution is 0.0728. The van der Waals surface area contributed by atoms with E-state index >= 15 is 0 Å². The number of esters is 1. The predicted molar refractivity (Wildman–Crippen MR) is 111 cm³/mol. The quantitative estimate of drug-likeness (QED) is 0.366. The Morgan fingerprint density at radius 3 is 2.23 bits per heavy atom. The number of phenols is 2. The normalized spacial score (nSPS) is 16.9. The highest BCUT2D eigenvalue weighted by molar-refractivity contribution is 5.91. The minimum atomic E-state index is -0.611. The third-order valence-electron chi connectivity index (χ3n) is 5.57. The second-order valence-corrected chi connectivity index (χ2v) is 7.21. The number of phenolic OH excluding ortho intramolecular Hbond substituents is 2. The number of methoxy groups -OCH3 is 2. The number of benzene rings is 3. The van der Waals surface area contributed by atoms with E-state index in [2.05, 4.69) is 0 Å². The zero-order chi connectivity index (χ0) is 21.4. The van der Waals surface area contributed by atoms with Crippen molar-refractivity contribution in [2.45, 2.75) is 18.8 Å². The number of hydrogen-bond acceptors (Lipinski definition) is 6. The molecule has 1 aliphatic rings. The Bertz CT molecular complexity index is 1110. The molecule has 4 rings (SSSR count). The van der Waals surface area contributed by atoms with Gasteiger partial charge < -0.3 is 24.4 Å². The smallest absolute Gasteiger partial charge is 0.343 e. The number of carbonyl (C=O) groups is 1. The van der Waals surface area contributed by atoms with E-state index in [0.717, 1.165) is 5.56 Å². The molecule has 2 atom stereocenters. The lowest BCUT2D eigenvalue weighted by Gasteiger charge is -2.39. The van der Waals surface area contributed by atoms with Gasteiger partial charge in [0.05, 0.1) is 19.8 Å². The van der Waals surface area contributed by atoms with Crippen LogP contribution in [-0.2, 0) is 0 Å². The molecule has 1 unspecified atom stereocenters. The van der Waals surface area contributed by atoms with E-state index in [4.69, 9.17) is 14.2 Å². The van der Waals surface area contributed by atoms with E-state index in [1.807, 2.05) is 19.1 Å². The van der Waals surface area contributed by atoms with Crippen molar-refractivity contribution in [1.82, 2.24) is 0 Å². The first-order valence-electron chi connectivity index (χ1n) is 9.54. The van der Waals surface area contributed by atoms with Crippen LogP contribution in [0.4, 0.5) is 0 Å². The molecule has 0 spiro atoms. The Hall–Kier alpha value is -3.67. The molecule has 0 aromatic heterocycles. The Kier molecular flexibility index (Phi) is 4.99. The predicted octanol–water partition coefficient (Wildman–Crippen LogP) is 4.58. The van der Waals surface area contributed by atoms with E-state index in [9.17, 15) is 15.0 Å². The molecule has 0 fully saturated rings. The highest BCUT2D eigenvalue weighted by Gasteiger charge is 2.42. The molecule has 3 aromatic rings. The molecule has 154 valence electrons. The van der Waals surface area contributed by atoms with Gasteiger partial charge >= 0.3 is 5.97 Å². The average molecular weight is 406 g/mol. The van der Waals surface area contributed by atoms with Crippen LogP contribution in [-0.4, -0.2) is 30.4 Å². The summed E-state index contributed by atoms with van der Waals surface area (Å²) in [5, 5.41) is 21.4. The van der Waals surface area contributed by atoms with Crippen LogP contribution in [0, 0.1) is 0 Å². The summed E-state index contributed by atoms with van der Waals surface area (Å²) in [4.78, 5) is 12.4. The third-order valence-corrected chi connectivity index (χ3v) is 5.57. The largest absolute Gasteiger partial charge is 0.508 e. The summed E-state index contributed by atoms with van der Waals surface area (Å²) in [6, 6.07) is 15.3. The van der Waals surface area contributed by atoms with Gasteiger partial charge in [0.15, 0.2) is 23.0 Å². The number of carbonyl (C=O) groups excluding carboxylic acids is 1. The first kappa shape index (κ1) is 19.6. The van der Waals surface area contributed by atoms with Crippen LogP contribution in [0.1, 0.15) is 45.8 Å². The van der Waals surface area contributed by atoms with E-state index in [1.165, 1.54) is 6.07 Å². The molecule has 30 heavy (non-hydrogen) atoms. The fraction of sp³-hybridized carbons (Fsp3) is 0.208. The lowest BCUT2D eigenvalue weighted by Crippen LogP contribution is -2.24. The van der Waals surface area contributed by atoms with E-state index < -0.39 is 5.97 Å². The lowest BCUT2D eigenvalue weighted by atomic mass is 9.65. The fourth-order valence-corrected chi connectivity index (χ4v) is 4.09. The van der Waals surface area contributed by atoms with Gasteiger partial charge in [0.25, 0.3) is 0 Å². The monoisotopic (exact) mass is 406 g/mol. The Balaban J connectivity index is 1.72. The summed E-state index contributed by atoms with van der Waals surface area (Å²) in [7, 11) is 3.13. The molecule has 0 amide bonds. The standard InChI is InChI=1S/C24H22O6/c1-13-20(15-9-10-17(28-2)18(11-15)29-3)22-21(13)16(25)12-19(23(22)26)30-24(27)14-7-5-4-6-8-14/h4-13,20,25-26H,1-3H3/t13?,20-/m0/s1. The van der Waals surface area contributed by atoms with Gasteiger partial charge in [0.2, 0.25) is 0 Å². The van der Waals surface area contributed by atoms with Gasteiger partial charge in [-0.3, -0.25) is 0 Å². The van der Waals surface area contributed by atoms with Crippen molar-refractivity contribution >= 4 is 5.97 Å². The van der Waals surface area contributed by atoms with Crippen LogP contribution in [0.2, 0.25) is 0 Å². The maximum Gasteiger partial charge on any atom is 0.343 e. The van der Waals surface area contributed by atoms with Gasteiger partial charge in [-0.2, -0.15) is 0 Å². The van der Waals surface area contributed by atoms with Gasteiger partial charge in [0, 0.05) is 23.1 Å². The second-order valence-electron chi connectivity index (χ2n) is 7.21. The number of rotatable bonds is 5. The van der Waals surface area contributed by atoms with Crippen LogP contribution in [0.25, 0.3) is 0 Å². The maximum absolute atomic E-state index is 12.4. The van der Waals surface area contributed by atoms with Crippen molar-refractivity contribution in [3.63, 3.8) is 0 Å². The van der Waals surface area contributed by atoms with Crippen LogP contribution < -0.4 is 14.2 Å². The average Bonchev–Trinajstić information content (AvgIpc) is 2.76. The van der Waals surface area contributed by atoms with E-state index in [0.29, 0.717) is 28.2 Å². The first-order chi connectivity index (χ1) is 14.5. The number of hydrogen-bond donors (Lipinski definition) is 2. The van der Waals surface area contributed by atoms with Crippen molar-refractivity contribution in [2.24, 2.45) is 0 Å². The van der Waals surface area contributed by atoms with Crippen molar-refractivity contribution < 1.29 is 29.2 Å². The summed E-state index contributed by atoms with van der Waals surface area (Å²) in [5.74, 6) is 0.103. The van der Waals surface area contributed by atoms with Crippen molar-refractivity contribution in [1.29, 1.82) is 0 Å². The zero-order valence-corrected chi connectivity index (χ0v) is 16.9. The van der Waals surface area contributed by atoms with Gasteiger partial charge in [-0.25, -0.2) is 4.79 Å². The van der Waals surface area contributed by atoms with Crippen molar-refractivity contribution in [3.05, 3.63) is 76.9 Å². The number of fused-ring (bicyclic) bond motifs is 1. The molecule has 0 saturated carbocycles. The highest BCUT2D eigenvalue weighted by atomic mass is 16.5. The van der Waals surface area contributed by atoms with Crippen molar-refractivity contribution in [2.75, 3.05) is 14.2 Å². The van der Waals surface area contributed by atoms with Crippen LogP contribution in [0.3, 0.4) is 0 Å². The first-order valence-corrected chi connectivity index (χ1v) is 9.54. The Labute approximate surface area is 174 Å². The summed E-state index contributed by atoms with van der Waals surface area (Å²) in [6.07, 6.45) is 0. The number of ether oxygens (including phenoxy) is 3. The van der Waals surface area contributed by atoms with E-state index in [1.54, 1.807) is 50.6 Å². The fourth-order valence-electron chi connectivity index (χ4n) is 4.09. The molecular formula is C24H22O6. The molecular weight excluding hydrogens is 384 g/mol. The Morgan fingerprint density at radius 2 is 1.57 bits per heavy atom. The molecule has 1 aliphatic carbocycles. The molecule has 0 aliphatic heterocycles. The minimum absolute atomic E-state index is 0.0112. The minimum Gasteiger partial charge on any atom is -0.508 e. The topological polar surface area (TPSA) is 85.2 Å². The molecule has 0 bridgehead atoms. The molecule has 0 heterocycles. The number of aromatic hydroxyl groups is 2. The van der Waals surface area contributed by atoms with Crippen molar-refractivity contribution in [3.8, 4) is 28.7 Å². The third kappa shape index (κ3) is 3.10. The molecule has 6 heteroatoms. The van der Waals surface area contributed by atoms with E-state index in [-0.39, 0.29) is 29.1 Å². The summed E-state index contributed by atoms with van der Waals surface area (Å²) in [6.45, 7) is 1.97. The zero-order valence-electron chi connectivity index (χ0n) is 16.9. The molecule has 3 aromatic carbocycles. The van der Waals surface area contributed by atoms with Gasteiger partial charge in [-0.05, 0) is 35.7 Å². The highest BCUT2D eigenvalue weighted by Crippen LogP contribution is 2.60. The molecule has 0 radical (unpaired) electrons. The molecule has 2 N–H and O–H groups in total. The van der Waals surface area contributed by atoms with Gasteiger partial charge in [0.1, 0.15) is 5.75 Å². The summed E-state index contributed by atoms with van der Waals surface area (Å²) < 4.78 is 16.1.